The van der Waals surface area contributed by atoms with Gasteiger partial charge in [-0.25, -0.2) is 4.39 Å². The lowest BCUT2D eigenvalue weighted by molar-refractivity contribution is 0.143. The van der Waals surface area contributed by atoms with Crippen LogP contribution >= 0.6 is 0 Å². The summed E-state index contributed by atoms with van der Waals surface area (Å²) >= 11 is 0. The smallest absolute Gasteiger partial charge is 0.257 e. The van der Waals surface area contributed by atoms with Crippen molar-refractivity contribution in [2.24, 2.45) is 10.6 Å². The van der Waals surface area contributed by atoms with E-state index in [0.29, 0.717) is 5.90 Å². The number of hydrogen-bond donors (Lipinski definition) is 0. The molecule has 0 aromatic heterocycles. The van der Waals surface area contributed by atoms with Crippen LogP contribution in [0.2, 0.25) is 0 Å². The van der Waals surface area contributed by atoms with E-state index >= 15 is 0 Å². The van der Waals surface area contributed by atoms with Crippen LogP contribution in [0.3, 0.4) is 0 Å². The Bertz CT molecular complexity index is 542. The molecule has 0 saturated carbocycles. The maximum absolute atomic E-state index is 13.6. The number of rotatable bonds is 4. The molecule has 0 saturated heterocycles. The molecule has 0 amide bonds. The Morgan fingerprint density at radius 1 is 1.29 bits per heavy atom. The first kappa shape index (κ1) is 17.2. The molecule has 1 aromatic carbocycles. The first-order valence-corrected chi connectivity index (χ1v) is 6.92. The lowest BCUT2D eigenvalue weighted by atomic mass is 9.96. The van der Waals surface area contributed by atoms with Crippen LogP contribution in [-0.2, 0) is 9.57 Å². The second-order valence-electron chi connectivity index (χ2n) is 6.15. The van der Waals surface area contributed by atoms with E-state index in [2.05, 4.69) is 5.16 Å². The number of aryl methyl sites for hydroxylation is 2. The summed E-state index contributed by atoms with van der Waals surface area (Å²) in [5, 5.41) is 3.90. The molecule has 3 nitrogen and oxygen atoms in total. The number of allylic oxidation sites excluding steroid dienone is 1. The molecule has 0 N–H and O–H groups in total. The molecule has 116 valence electrons. The summed E-state index contributed by atoms with van der Waals surface area (Å²) in [5.74, 6) is 0.00225. The lowest BCUT2D eigenvalue weighted by Crippen LogP contribution is -2.08. The molecule has 0 atom stereocenters. The summed E-state index contributed by atoms with van der Waals surface area (Å²) in [6.45, 7) is 9.52. The molecular formula is C17H24FNO2. The predicted octanol–water partition coefficient (Wildman–Crippen LogP) is 4.53. The van der Waals surface area contributed by atoms with Gasteiger partial charge >= 0.3 is 0 Å². The van der Waals surface area contributed by atoms with Crippen molar-refractivity contribution >= 4 is 5.90 Å². The molecule has 0 unspecified atom stereocenters. The summed E-state index contributed by atoms with van der Waals surface area (Å²) in [4.78, 5) is 5.06. The minimum atomic E-state index is -0.345. The number of halogens is 1. The Hall–Kier alpha value is -1.84. The maximum atomic E-state index is 13.6. The highest BCUT2D eigenvalue weighted by atomic mass is 19.1. The molecule has 4 heteroatoms. The van der Waals surface area contributed by atoms with Gasteiger partial charge in [-0.15, -0.1) is 0 Å². The third-order valence-corrected chi connectivity index (χ3v) is 2.76. The normalized spacial score (nSPS) is 13.3. The van der Waals surface area contributed by atoms with Crippen molar-refractivity contribution in [3.05, 3.63) is 46.8 Å². The van der Waals surface area contributed by atoms with E-state index in [1.54, 1.807) is 0 Å². The first-order chi connectivity index (χ1) is 9.73. The molecule has 0 aliphatic rings. The zero-order valence-electron chi connectivity index (χ0n) is 13.7. The van der Waals surface area contributed by atoms with Crippen LogP contribution in [0.5, 0.6) is 0 Å². The van der Waals surface area contributed by atoms with Crippen LogP contribution in [0.25, 0.3) is 0 Å². The molecule has 0 aliphatic heterocycles. The predicted molar refractivity (Wildman–Crippen MR) is 84.1 cm³/mol. The van der Waals surface area contributed by atoms with Gasteiger partial charge in [0.05, 0.1) is 7.11 Å². The van der Waals surface area contributed by atoms with Crippen LogP contribution in [0.1, 0.15) is 37.5 Å². The highest BCUT2D eigenvalue weighted by Crippen LogP contribution is 2.18. The van der Waals surface area contributed by atoms with Crippen LogP contribution in [-0.4, -0.2) is 19.6 Å². The SMILES string of the molecule is CO/C(=N\OCC(F)=CC(C)(C)C)c1cc(C)ccc1C. The third-order valence-electron chi connectivity index (χ3n) is 2.76. The van der Waals surface area contributed by atoms with E-state index in [1.165, 1.54) is 13.2 Å². The van der Waals surface area contributed by atoms with Gasteiger partial charge in [0.15, 0.2) is 6.61 Å². The van der Waals surface area contributed by atoms with Gasteiger partial charge in [-0.3, -0.25) is 0 Å². The van der Waals surface area contributed by atoms with Gasteiger partial charge in [0.2, 0.25) is 0 Å². The van der Waals surface area contributed by atoms with Crippen molar-refractivity contribution in [3.8, 4) is 0 Å². The Kier molecular flexibility index (Phi) is 5.94. The minimum absolute atomic E-state index is 0.199. The number of benzene rings is 1. The standard InChI is InChI=1S/C17H24FNO2/c1-12-7-8-13(2)15(9-12)16(20-6)19-21-11-14(18)10-17(3,4)5/h7-10H,11H2,1-6H3/b14-10?,19-16-. The van der Waals surface area contributed by atoms with E-state index in [4.69, 9.17) is 9.57 Å². The largest absolute Gasteiger partial charge is 0.478 e. The molecule has 0 radical (unpaired) electrons. The van der Waals surface area contributed by atoms with Crippen molar-refractivity contribution in [3.63, 3.8) is 0 Å². The first-order valence-electron chi connectivity index (χ1n) is 6.92. The van der Waals surface area contributed by atoms with E-state index in [-0.39, 0.29) is 17.8 Å². The number of nitrogens with zero attached hydrogens (tertiary/aromatic N) is 1. The maximum Gasteiger partial charge on any atom is 0.257 e. The minimum Gasteiger partial charge on any atom is -0.478 e. The van der Waals surface area contributed by atoms with Crippen LogP contribution < -0.4 is 0 Å². The molecule has 0 aliphatic carbocycles. The highest BCUT2D eigenvalue weighted by molar-refractivity contribution is 5.95. The summed E-state index contributed by atoms with van der Waals surface area (Å²) in [6.07, 6.45) is 1.52. The Morgan fingerprint density at radius 3 is 2.52 bits per heavy atom. The van der Waals surface area contributed by atoms with Crippen LogP contribution in [0.15, 0.2) is 35.3 Å². The molecule has 1 aromatic rings. The van der Waals surface area contributed by atoms with E-state index in [1.807, 2.05) is 52.8 Å². The van der Waals surface area contributed by atoms with Crippen LogP contribution in [0.4, 0.5) is 4.39 Å². The van der Waals surface area contributed by atoms with Gasteiger partial charge in [0, 0.05) is 5.56 Å². The number of ether oxygens (including phenoxy) is 1. The van der Waals surface area contributed by atoms with E-state index in [0.717, 1.165) is 16.7 Å². The van der Waals surface area contributed by atoms with Crippen molar-refractivity contribution in [2.45, 2.75) is 34.6 Å². The number of methoxy groups -OCH3 is 1. The Balaban J connectivity index is 2.82. The monoisotopic (exact) mass is 293 g/mol. The summed E-state index contributed by atoms with van der Waals surface area (Å²) in [7, 11) is 1.52. The molecule has 1 rings (SSSR count). The highest BCUT2D eigenvalue weighted by Gasteiger charge is 2.11. The molecule has 0 bridgehead atoms. The fourth-order valence-corrected chi connectivity index (χ4v) is 1.83. The average Bonchev–Trinajstić information content (AvgIpc) is 2.36. The molecular weight excluding hydrogens is 269 g/mol. The summed E-state index contributed by atoms with van der Waals surface area (Å²) < 4.78 is 18.9. The molecule has 0 spiro atoms. The fraction of sp³-hybridized carbons (Fsp3) is 0.471. The summed E-state index contributed by atoms with van der Waals surface area (Å²) in [6, 6.07) is 5.96. The van der Waals surface area contributed by atoms with Crippen molar-refractivity contribution in [1.82, 2.24) is 0 Å². The van der Waals surface area contributed by atoms with Gasteiger partial charge < -0.3 is 9.57 Å². The zero-order chi connectivity index (χ0) is 16.0. The topological polar surface area (TPSA) is 30.8 Å². The molecule has 0 fully saturated rings. The summed E-state index contributed by atoms with van der Waals surface area (Å²) in [5.41, 5.74) is 2.74. The van der Waals surface area contributed by atoms with Gasteiger partial charge in [0.25, 0.3) is 5.90 Å². The second-order valence-corrected chi connectivity index (χ2v) is 6.15. The average molecular weight is 293 g/mol. The van der Waals surface area contributed by atoms with Crippen molar-refractivity contribution in [2.75, 3.05) is 13.7 Å². The van der Waals surface area contributed by atoms with Gasteiger partial charge in [-0.05, 0) is 42.1 Å². The number of oxime groups is 1. The van der Waals surface area contributed by atoms with Gasteiger partial charge in [0.1, 0.15) is 5.83 Å². The van der Waals surface area contributed by atoms with E-state index < -0.39 is 0 Å². The second kappa shape index (κ2) is 7.25. The van der Waals surface area contributed by atoms with Gasteiger partial charge in [-0.1, -0.05) is 38.5 Å². The van der Waals surface area contributed by atoms with Crippen molar-refractivity contribution in [1.29, 1.82) is 0 Å². The van der Waals surface area contributed by atoms with E-state index in [9.17, 15) is 4.39 Å². The zero-order valence-corrected chi connectivity index (χ0v) is 13.7. The lowest BCUT2D eigenvalue weighted by Gasteiger charge is -2.12. The quantitative estimate of drug-likeness (QED) is 0.464. The van der Waals surface area contributed by atoms with Crippen molar-refractivity contribution < 1.29 is 14.0 Å². The Labute approximate surface area is 126 Å². The Morgan fingerprint density at radius 2 is 1.95 bits per heavy atom. The third kappa shape index (κ3) is 5.98. The fourth-order valence-electron chi connectivity index (χ4n) is 1.83. The van der Waals surface area contributed by atoms with Gasteiger partial charge in [-0.2, -0.15) is 0 Å². The van der Waals surface area contributed by atoms with Crippen LogP contribution in [0, 0.1) is 19.3 Å². The molecule has 21 heavy (non-hydrogen) atoms. The molecule has 0 heterocycles. The number of hydrogen-bond acceptors (Lipinski definition) is 3.